The number of carbonyl (C=O) groups is 1. The summed E-state index contributed by atoms with van der Waals surface area (Å²) in [6, 6.07) is 7.45. The minimum absolute atomic E-state index is 0.260. The number of amides is 1. The van der Waals surface area contributed by atoms with E-state index in [1.165, 1.54) is 6.20 Å². The molecule has 0 bridgehead atoms. The fourth-order valence-corrected chi connectivity index (χ4v) is 2.00. The molecule has 3 aromatic rings. The van der Waals surface area contributed by atoms with Crippen LogP contribution >= 0.6 is 11.7 Å². The summed E-state index contributed by atoms with van der Waals surface area (Å²) in [5.74, 6) is -0.260. The minimum atomic E-state index is -0.260. The van der Waals surface area contributed by atoms with Crippen molar-refractivity contribution in [1.82, 2.24) is 18.3 Å². The maximum atomic E-state index is 11.8. The molecule has 0 aliphatic heterocycles. The van der Waals surface area contributed by atoms with E-state index in [0.717, 1.165) is 17.4 Å². The van der Waals surface area contributed by atoms with Crippen LogP contribution in [0.2, 0.25) is 0 Å². The molecule has 1 N–H and O–H groups in total. The zero-order valence-corrected chi connectivity index (χ0v) is 10.5. The summed E-state index contributed by atoms with van der Waals surface area (Å²) in [5.41, 5.74) is 2.01. The van der Waals surface area contributed by atoms with Crippen molar-refractivity contribution in [3.63, 3.8) is 0 Å². The quantitative estimate of drug-likeness (QED) is 0.790. The summed E-state index contributed by atoms with van der Waals surface area (Å²) >= 11 is 1.01. The van der Waals surface area contributed by atoms with Gasteiger partial charge in [0.2, 0.25) is 0 Å². The molecule has 0 fully saturated rings. The van der Waals surface area contributed by atoms with Crippen LogP contribution in [0.15, 0.2) is 49.2 Å². The molecule has 19 heavy (non-hydrogen) atoms. The monoisotopic (exact) mass is 271 g/mol. The molecule has 0 aliphatic carbocycles. The van der Waals surface area contributed by atoms with Crippen LogP contribution in [-0.2, 0) is 0 Å². The van der Waals surface area contributed by atoms with E-state index in [-0.39, 0.29) is 5.91 Å². The van der Waals surface area contributed by atoms with E-state index < -0.39 is 0 Å². The number of aromatic nitrogens is 4. The van der Waals surface area contributed by atoms with Gasteiger partial charge in [-0.3, -0.25) is 4.79 Å². The first-order chi connectivity index (χ1) is 9.33. The molecule has 0 atom stereocenters. The molecule has 1 aromatic carbocycles. The highest BCUT2D eigenvalue weighted by Gasteiger charge is 2.08. The van der Waals surface area contributed by atoms with Gasteiger partial charge in [0, 0.05) is 23.8 Å². The van der Waals surface area contributed by atoms with Gasteiger partial charge in [-0.15, -0.1) is 0 Å². The van der Waals surface area contributed by atoms with Gasteiger partial charge in [-0.1, -0.05) is 0 Å². The molecule has 2 aromatic heterocycles. The molecule has 0 saturated carbocycles. The van der Waals surface area contributed by atoms with Crippen LogP contribution in [0.5, 0.6) is 0 Å². The smallest absolute Gasteiger partial charge is 0.277 e. The van der Waals surface area contributed by atoms with Gasteiger partial charge >= 0.3 is 0 Å². The van der Waals surface area contributed by atoms with Gasteiger partial charge < -0.3 is 9.88 Å². The second kappa shape index (κ2) is 4.99. The van der Waals surface area contributed by atoms with Gasteiger partial charge in [0.05, 0.1) is 24.3 Å². The summed E-state index contributed by atoms with van der Waals surface area (Å²) in [4.78, 5) is 15.7. The predicted octanol–water partition coefficient (Wildman–Crippen LogP) is 1.98. The highest BCUT2D eigenvalue weighted by molar-refractivity contribution is 6.99. The van der Waals surface area contributed by atoms with Crippen molar-refractivity contribution in [2.45, 2.75) is 0 Å². The Labute approximate surface area is 113 Å². The molecule has 0 saturated heterocycles. The van der Waals surface area contributed by atoms with E-state index in [2.05, 4.69) is 19.0 Å². The Morgan fingerprint density at radius 2 is 2.11 bits per heavy atom. The summed E-state index contributed by atoms with van der Waals surface area (Å²) in [5, 5.41) is 2.76. The van der Waals surface area contributed by atoms with E-state index >= 15 is 0 Å². The van der Waals surface area contributed by atoms with Crippen molar-refractivity contribution in [3.05, 3.63) is 54.9 Å². The van der Waals surface area contributed by atoms with Crippen LogP contribution < -0.4 is 5.32 Å². The maximum Gasteiger partial charge on any atom is 0.277 e. The van der Waals surface area contributed by atoms with Crippen LogP contribution in [0.4, 0.5) is 5.69 Å². The number of carbonyl (C=O) groups excluding carboxylic acids is 1. The van der Waals surface area contributed by atoms with Crippen molar-refractivity contribution in [2.75, 3.05) is 5.32 Å². The van der Waals surface area contributed by atoms with Gasteiger partial charge in [-0.05, 0) is 24.3 Å². The van der Waals surface area contributed by atoms with E-state index in [1.54, 1.807) is 12.5 Å². The molecule has 0 radical (unpaired) electrons. The molecule has 6 nitrogen and oxygen atoms in total. The molecule has 94 valence electrons. The average molecular weight is 271 g/mol. The van der Waals surface area contributed by atoms with Crippen molar-refractivity contribution in [1.29, 1.82) is 0 Å². The Balaban J connectivity index is 1.75. The lowest BCUT2D eigenvalue weighted by Crippen LogP contribution is -2.12. The summed E-state index contributed by atoms with van der Waals surface area (Å²) in [6.45, 7) is 0. The zero-order chi connectivity index (χ0) is 13.1. The first-order valence-corrected chi connectivity index (χ1v) is 6.23. The molecule has 0 spiro atoms. The highest BCUT2D eigenvalue weighted by Crippen LogP contribution is 2.13. The summed E-state index contributed by atoms with van der Waals surface area (Å²) in [6.07, 6.45) is 6.73. The summed E-state index contributed by atoms with van der Waals surface area (Å²) in [7, 11) is 0. The Morgan fingerprint density at radius 3 is 2.74 bits per heavy atom. The van der Waals surface area contributed by atoms with Crippen LogP contribution in [0.3, 0.4) is 0 Å². The molecular formula is C12H9N5OS. The first-order valence-electron chi connectivity index (χ1n) is 5.50. The van der Waals surface area contributed by atoms with E-state index in [4.69, 9.17) is 0 Å². The minimum Gasteiger partial charge on any atom is -0.321 e. The van der Waals surface area contributed by atoms with Gasteiger partial charge in [-0.25, -0.2) is 4.98 Å². The first kappa shape index (κ1) is 11.5. The maximum absolute atomic E-state index is 11.8. The third-order valence-electron chi connectivity index (χ3n) is 2.52. The molecule has 3 rings (SSSR count). The van der Waals surface area contributed by atoms with Crippen LogP contribution in [-0.4, -0.2) is 24.2 Å². The third kappa shape index (κ3) is 2.50. The molecule has 1 amide bonds. The van der Waals surface area contributed by atoms with Gasteiger partial charge in [0.15, 0.2) is 5.69 Å². The normalized spacial score (nSPS) is 10.3. The number of imidazole rings is 1. The number of nitrogens with one attached hydrogen (secondary N) is 1. The standard InChI is InChI=1S/C12H9N5OS/c18-12(11-7-14-19-16-11)15-9-1-3-10(4-2-9)17-6-5-13-8-17/h1-8H,(H,15,18). The predicted molar refractivity (Wildman–Crippen MR) is 71.4 cm³/mol. The largest absolute Gasteiger partial charge is 0.321 e. The van der Waals surface area contributed by atoms with E-state index in [1.807, 2.05) is 35.0 Å². The molecule has 0 unspecified atom stereocenters. The van der Waals surface area contributed by atoms with E-state index in [0.29, 0.717) is 11.4 Å². The fraction of sp³-hybridized carbons (Fsp3) is 0. The number of anilines is 1. The average Bonchev–Trinajstić information content (AvgIpc) is 3.13. The van der Waals surface area contributed by atoms with Crippen molar-refractivity contribution in [2.24, 2.45) is 0 Å². The molecule has 0 aliphatic rings. The third-order valence-corrected chi connectivity index (χ3v) is 3.00. The van der Waals surface area contributed by atoms with E-state index in [9.17, 15) is 4.79 Å². The number of hydrogen-bond donors (Lipinski definition) is 1. The second-order valence-corrected chi connectivity index (χ2v) is 4.32. The van der Waals surface area contributed by atoms with Gasteiger partial charge in [0.1, 0.15) is 0 Å². The Hall–Kier alpha value is -2.54. The number of nitrogens with zero attached hydrogens (tertiary/aromatic N) is 4. The van der Waals surface area contributed by atoms with Gasteiger partial charge in [0.25, 0.3) is 5.91 Å². The number of hydrogen-bond acceptors (Lipinski definition) is 5. The topological polar surface area (TPSA) is 72.7 Å². The van der Waals surface area contributed by atoms with Gasteiger partial charge in [-0.2, -0.15) is 8.75 Å². The Bertz CT molecular complexity index is 661. The number of rotatable bonds is 3. The molecule has 7 heteroatoms. The SMILES string of the molecule is O=C(Nc1ccc(-n2ccnc2)cc1)c1cnsn1. The second-order valence-electron chi connectivity index (χ2n) is 3.76. The Morgan fingerprint density at radius 1 is 1.26 bits per heavy atom. The van der Waals surface area contributed by atoms with Crippen molar-refractivity contribution < 1.29 is 4.79 Å². The van der Waals surface area contributed by atoms with Crippen molar-refractivity contribution in [3.8, 4) is 5.69 Å². The highest BCUT2D eigenvalue weighted by atomic mass is 32.1. The summed E-state index contributed by atoms with van der Waals surface area (Å²) < 4.78 is 9.55. The zero-order valence-electron chi connectivity index (χ0n) is 9.72. The lowest BCUT2D eigenvalue weighted by Gasteiger charge is -2.05. The van der Waals surface area contributed by atoms with Crippen LogP contribution in [0.25, 0.3) is 5.69 Å². The molecule has 2 heterocycles. The lowest BCUT2D eigenvalue weighted by atomic mass is 10.2. The van der Waals surface area contributed by atoms with Crippen LogP contribution in [0.1, 0.15) is 10.5 Å². The number of benzene rings is 1. The lowest BCUT2D eigenvalue weighted by molar-refractivity contribution is 0.102. The van der Waals surface area contributed by atoms with Crippen LogP contribution in [0, 0.1) is 0 Å². The van der Waals surface area contributed by atoms with Crippen molar-refractivity contribution >= 4 is 23.3 Å². The fourth-order valence-electron chi connectivity index (χ4n) is 1.59. The molecular weight excluding hydrogens is 262 g/mol. The Kier molecular flexibility index (Phi) is 3.03.